The van der Waals surface area contributed by atoms with E-state index in [4.69, 9.17) is 9.47 Å². The minimum absolute atomic E-state index is 0.159. The predicted molar refractivity (Wildman–Crippen MR) is 130 cm³/mol. The van der Waals surface area contributed by atoms with Gasteiger partial charge in [0.25, 0.3) is 0 Å². The van der Waals surface area contributed by atoms with Crippen molar-refractivity contribution in [2.45, 2.75) is 117 Å². The smallest absolute Gasteiger partial charge is 0.407 e. The summed E-state index contributed by atoms with van der Waals surface area (Å²) < 4.78 is 10.8. The zero-order valence-corrected chi connectivity index (χ0v) is 21.0. The van der Waals surface area contributed by atoms with E-state index in [9.17, 15) is 9.59 Å². The van der Waals surface area contributed by atoms with E-state index in [0.29, 0.717) is 0 Å². The highest BCUT2D eigenvalue weighted by atomic mass is 16.6. The van der Waals surface area contributed by atoms with E-state index in [2.05, 4.69) is 19.2 Å². The summed E-state index contributed by atoms with van der Waals surface area (Å²) in [5.41, 5.74) is 0.393. The molecule has 0 saturated carbocycles. The molecule has 182 valence electrons. The van der Waals surface area contributed by atoms with Crippen LogP contribution in [0.15, 0.2) is 30.3 Å². The molecule has 0 aromatic heterocycles. The average molecular weight is 448 g/mol. The number of carbonyl (C=O) groups excluding carboxylic acids is 2. The third-order valence-corrected chi connectivity index (χ3v) is 5.56. The van der Waals surface area contributed by atoms with Gasteiger partial charge in [-0.3, -0.25) is 4.79 Å². The number of ether oxygens (including phenoxy) is 2. The van der Waals surface area contributed by atoms with E-state index in [0.717, 1.165) is 30.7 Å². The summed E-state index contributed by atoms with van der Waals surface area (Å²) in [4.78, 5) is 24.6. The fourth-order valence-electron chi connectivity index (χ4n) is 3.54. The number of nitrogens with one attached hydrogen (secondary N) is 1. The number of alkyl carbamates (subject to hydrolysis) is 1. The van der Waals surface area contributed by atoms with Gasteiger partial charge in [-0.1, -0.05) is 95.5 Å². The minimum atomic E-state index is -0.537. The van der Waals surface area contributed by atoms with Crippen LogP contribution in [0.5, 0.6) is 0 Å². The van der Waals surface area contributed by atoms with Crippen LogP contribution < -0.4 is 5.32 Å². The summed E-state index contributed by atoms with van der Waals surface area (Å²) >= 11 is 0. The van der Waals surface area contributed by atoms with Gasteiger partial charge in [-0.15, -0.1) is 0 Å². The predicted octanol–water partition coefficient (Wildman–Crippen LogP) is 7.18. The summed E-state index contributed by atoms with van der Waals surface area (Å²) in [6.07, 6.45) is 10.1. The van der Waals surface area contributed by atoms with Crippen molar-refractivity contribution < 1.29 is 19.1 Å². The molecule has 1 rings (SSSR count). The number of benzene rings is 1. The summed E-state index contributed by atoms with van der Waals surface area (Å²) in [5, 5.41) is 2.87. The van der Waals surface area contributed by atoms with Crippen LogP contribution in [0.3, 0.4) is 0 Å². The summed E-state index contributed by atoms with van der Waals surface area (Å²) in [7, 11) is 0. The first kappa shape index (κ1) is 28.0. The van der Waals surface area contributed by atoms with Gasteiger partial charge in [0, 0.05) is 6.04 Å². The summed E-state index contributed by atoms with van der Waals surface area (Å²) in [5.74, 6) is 0.534. The molecule has 0 radical (unpaired) electrons. The highest BCUT2D eigenvalue weighted by molar-refractivity contribution is 5.73. The van der Waals surface area contributed by atoms with Crippen LogP contribution in [0.1, 0.15) is 104 Å². The molecule has 5 heteroatoms. The van der Waals surface area contributed by atoms with Crippen molar-refractivity contribution in [3.63, 3.8) is 0 Å². The first-order valence-corrected chi connectivity index (χ1v) is 12.4. The molecule has 32 heavy (non-hydrogen) atoms. The zero-order valence-electron chi connectivity index (χ0n) is 21.0. The third-order valence-electron chi connectivity index (χ3n) is 5.56. The lowest BCUT2D eigenvalue weighted by atomic mass is 9.99. The van der Waals surface area contributed by atoms with E-state index in [1.54, 1.807) is 0 Å². The van der Waals surface area contributed by atoms with Crippen molar-refractivity contribution in [2.24, 2.45) is 5.92 Å². The van der Waals surface area contributed by atoms with Gasteiger partial charge in [-0.2, -0.15) is 0 Å². The van der Waals surface area contributed by atoms with Crippen LogP contribution in [0, 0.1) is 5.92 Å². The van der Waals surface area contributed by atoms with Gasteiger partial charge in [0.15, 0.2) is 0 Å². The zero-order chi connectivity index (χ0) is 23.8. The van der Waals surface area contributed by atoms with E-state index in [1.165, 1.54) is 38.5 Å². The lowest BCUT2D eigenvalue weighted by molar-refractivity contribution is -0.155. The molecule has 1 amide bonds. The topological polar surface area (TPSA) is 64.6 Å². The van der Waals surface area contributed by atoms with Crippen LogP contribution in [-0.2, 0) is 20.9 Å². The maximum atomic E-state index is 12.3. The monoisotopic (exact) mass is 447 g/mol. The molecule has 0 aliphatic heterocycles. The average Bonchev–Trinajstić information content (AvgIpc) is 2.73. The summed E-state index contributed by atoms with van der Waals surface area (Å²) in [6.45, 7) is 10.3. The molecule has 1 aromatic rings. The van der Waals surface area contributed by atoms with Crippen molar-refractivity contribution in [2.75, 3.05) is 0 Å². The second-order valence-corrected chi connectivity index (χ2v) is 9.91. The fourth-order valence-corrected chi connectivity index (χ4v) is 3.54. The van der Waals surface area contributed by atoms with E-state index in [-0.39, 0.29) is 25.0 Å². The SMILES string of the molecule is CCC(C)CCCCCCCC[C@H](CC(=O)OC(C)(C)C)NC(=O)OCc1ccccc1. The largest absolute Gasteiger partial charge is 0.460 e. The Morgan fingerprint density at radius 2 is 1.53 bits per heavy atom. The van der Waals surface area contributed by atoms with Crippen molar-refractivity contribution in [1.29, 1.82) is 0 Å². The van der Waals surface area contributed by atoms with Crippen molar-refractivity contribution >= 4 is 12.1 Å². The normalized spacial score (nSPS) is 13.3. The minimum Gasteiger partial charge on any atom is -0.460 e. The van der Waals surface area contributed by atoms with E-state index < -0.39 is 11.7 Å². The molecular formula is C27H45NO4. The molecule has 5 nitrogen and oxygen atoms in total. The Labute approximate surface area is 195 Å². The molecule has 0 aliphatic carbocycles. The number of unbranched alkanes of at least 4 members (excludes halogenated alkanes) is 5. The quantitative estimate of drug-likeness (QED) is 0.228. The number of hydrogen-bond acceptors (Lipinski definition) is 4. The maximum absolute atomic E-state index is 12.3. The molecule has 0 heterocycles. The Kier molecular flexibility index (Phi) is 13.7. The second-order valence-electron chi connectivity index (χ2n) is 9.91. The number of esters is 1. The van der Waals surface area contributed by atoms with Gasteiger partial charge >= 0.3 is 12.1 Å². The van der Waals surface area contributed by atoms with Crippen molar-refractivity contribution in [3.8, 4) is 0 Å². The van der Waals surface area contributed by atoms with Gasteiger partial charge < -0.3 is 14.8 Å². The first-order chi connectivity index (χ1) is 15.2. The fraction of sp³-hybridized carbons (Fsp3) is 0.704. The molecule has 1 aromatic carbocycles. The molecule has 1 N–H and O–H groups in total. The molecule has 0 fully saturated rings. The Morgan fingerprint density at radius 1 is 0.938 bits per heavy atom. The standard InChI is InChI=1S/C27H45NO4/c1-6-22(2)16-12-9-7-8-10-15-19-24(20-25(29)32-27(3,4)5)28-26(30)31-21-23-17-13-11-14-18-23/h11,13-14,17-18,22,24H,6-10,12,15-16,19-21H2,1-5H3,(H,28,30)/t22?,24-/m1/s1. The Bertz CT molecular complexity index is 639. The summed E-state index contributed by atoms with van der Waals surface area (Å²) in [6, 6.07) is 9.28. The third kappa shape index (κ3) is 14.9. The van der Waals surface area contributed by atoms with E-state index >= 15 is 0 Å². The van der Waals surface area contributed by atoms with Crippen LogP contribution >= 0.6 is 0 Å². The van der Waals surface area contributed by atoms with Crippen LogP contribution in [-0.4, -0.2) is 23.7 Å². The highest BCUT2D eigenvalue weighted by Crippen LogP contribution is 2.16. The molecule has 1 unspecified atom stereocenters. The number of amides is 1. The van der Waals surface area contributed by atoms with Crippen LogP contribution in [0.2, 0.25) is 0 Å². The number of hydrogen-bond donors (Lipinski definition) is 1. The van der Waals surface area contributed by atoms with E-state index in [1.807, 2.05) is 51.1 Å². The van der Waals surface area contributed by atoms with Gasteiger partial charge in [-0.25, -0.2) is 4.79 Å². The van der Waals surface area contributed by atoms with Crippen molar-refractivity contribution in [1.82, 2.24) is 5.32 Å². The lowest BCUT2D eigenvalue weighted by Crippen LogP contribution is -2.38. The van der Waals surface area contributed by atoms with Gasteiger partial charge in [-0.05, 0) is 38.7 Å². The Balaban J connectivity index is 2.39. The Morgan fingerprint density at radius 3 is 2.12 bits per heavy atom. The van der Waals surface area contributed by atoms with Crippen LogP contribution in [0.4, 0.5) is 4.79 Å². The molecule has 0 aliphatic rings. The highest BCUT2D eigenvalue weighted by Gasteiger charge is 2.22. The second kappa shape index (κ2) is 15.7. The number of rotatable bonds is 15. The molecule has 0 bridgehead atoms. The molecule has 0 saturated heterocycles. The molecule has 2 atom stereocenters. The maximum Gasteiger partial charge on any atom is 0.407 e. The molecule has 0 spiro atoms. The lowest BCUT2D eigenvalue weighted by Gasteiger charge is -2.23. The first-order valence-electron chi connectivity index (χ1n) is 12.4. The van der Waals surface area contributed by atoms with Crippen LogP contribution in [0.25, 0.3) is 0 Å². The van der Waals surface area contributed by atoms with Gasteiger partial charge in [0.05, 0.1) is 6.42 Å². The van der Waals surface area contributed by atoms with Gasteiger partial charge in [0.2, 0.25) is 0 Å². The molecular weight excluding hydrogens is 402 g/mol. The van der Waals surface area contributed by atoms with Crippen molar-refractivity contribution in [3.05, 3.63) is 35.9 Å². The Hall–Kier alpha value is -2.04. The number of carbonyl (C=O) groups is 2. The van der Waals surface area contributed by atoms with Gasteiger partial charge in [0.1, 0.15) is 12.2 Å².